The number of nitrogens with zero attached hydrogens (tertiary/aromatic N) is 2. The zero-order valence-electron chi connectivity index (χ0n) is 15.2. The lowest BCUT2D eigenvalue weighted by molar-refractivity contribution is 0.0269. The Morgan fingerprint density at radius 1 is 1.33 bits per heavy atom. The van der Waals surface area contributed by atoms with Gasteiger partial charge in [0.2, 0.25) is 0 Å². The molecular formula is C19H30N2O3. The second kappa shape index (κ2) is 9.06. The monoisotopic (exact) mass is 334 g/mol. The van der Waals surface area contributed by atoms with E-state index < -0.39 is 6.10 Å². The van der Waals surface area contributed by atoms with Gasteiger partial charge in [-0.05, 0) is 38.6 Å². The number of hydrogen-bond donors (Lipinski definition) is 1. The minimum absolute atomic E-state index is 0.262. The van der Waals surface area contributed by atoms with Crippen molar-refractivity contribution in [2.45, 2.75) is 26.0 Å². The molecule has 1 aromatic carbocycles. The maximum atomic E-state index is 10.3. The molecule has 1 aliphatic rings. The van der Waals surface area contributed by atoms with Gasteiger partial charge >= 0.3 is 0 Å². The van der Waals surface area contributed by atoms with Crippen molar-refractivity contribution >= 4 is 6.08 Å². The highest BCUT2D eigenvalue weighted by Crippen LogP contribution is 2.28. The molecule has 5 heteroatoms. The summed E-state index contributed by atoms with van der Waals surface area (Å²) >= 11 is 0. The highest BCUT2D eigenvalue weighted by molar-refractivity contribution is 5.55. The van der Waals surface area contributed by atoms with E-state index in [1.54, 1.807) is 7.11 Å². The van der Waals surface area contributed by atoms with Crippen molar-refractivity contribution in [3.8, 4) is 11.5 Å². The molecule has 2 unspecified atom stereocenters. The van der Waals surface area contributed by atoms with Gasteiger partial charge in [0.15, 0.2) is 11.5 Å². The zero-order valence-corrected chi connectivity index (χ0v) is 15.2. The summed E-state index contributed by atoms with van der Waals surface area (Å²) in [5.74, 6) is 1.35. The minimum atomic E-state index is -0.518. The molecule has 1 N–H and O–H groups in total. The van der Waals surface area contributed by atoms with Crippen LogP contribution in [0.25, 0.3) is 6.08 Å². The quantitative estimate of drug-likeness (QED) is 0.827. The Hall–Kier alpha value is -1.56. The van der Waals surface area contributed by atoms with Crippen molar-refractivity contribution in [1.29, 1.82) is 0 Å². The molecule has 0 bridgehead atoms. The molecule has 0 spiro atoms. The van der Waals surface area contributed by atoms with E-state index in [1.165, 1.54) is 0 Å². The topological polar surface area (TPSA) is 45.2 Å². The molecule has 0 saturated carbocycles. The average Bonchev–Trinajstić information content (AvgIpc) is 2.56. The van der Waals surface area contributed by atoms with Gasteiger partial charge in [-0.3, -0.25) is 4.90 Å². The summed E-state index contributed by atoms with van der Waals surface area (Å²) < 4.78 is 11.2. The van der Waals surface area contributed by atoms with E-state index in [4.69, 9.17) is 9.47 Å². The first-order chi connectivity index (χ1) is 11.5. The van der Waals surface area contributed by atoms with Crippen molar-refractivity contribution < 1.29 is 14.6 Å². The molecular weight excluding hydrogens is 304 g/mol. The molecule has 0 amide bonds. The summed E-state index contributed by atoms with van der Waals surface area (Å²) in [5.41, 5.74) is 1.06. The number of likely N-dealkylation sites (N-methyl/N-ethyl adjacent to an activating group) is 1. The average molecular weight is 334 g/mol. The summed E-state index contributed by atoms with van der Waals surface area (Å²) in [5, 5.41) is 10.3. The van der Waals surface area contributed by atoms with Crippen molar-refractivity contribution in [3.63, 3.8) is 0 Å². The van der Waals surface area contributed by atoms with Crippen LogP contribution in [0.5, 0.6) is 11.5 Å². The Labute approximate surface area is 145 Å². The number of aliphatic hydroxyl groups excluding tert-OH is 1. The third-order valence-corrected chi connectivity index (χ3v) is 4.39. The fraction of sp³-hybridized carbons (Fsp3) is 0.579. The SMILES string of the molecule is CC=Cc1ccc(OCC(O)CN2CCN(C)CC2C)c(OC)c1. The van der Waals surface area contributed by atoms with E-state index in [2.05, 4.69) is 23.8 Å². The Morgan fingerprint density at radius 2 is 2.12 bits per heavy atom. The number of methoxy groups -OCH3 is 1. The molecule has 0 radical (unpaired) electrons. The second-order valence-electron chi connectivity index (χ2n) is 6.48. The van der Waals surface area contributed by atoms with E-state index in [9.17, 15) is 5.11 Å². The van der Waals surface area contributed by atoms with Gasteiger partial charge in [0.1, 0.15) is 12.7 Å². The smallest absolute Gasteiger partial charge is 0.161 e. The van der Waals surface area contributed by atoms with Crippen LogP contribution in [0.3, 0.4) is 0 Å². The van der Waals surface area contributed by atoms with Gasteiger partial charge < -0.3 is 19.5 Å². The van der Waals surface area contributed by atoms with Gasteiger partial charge in [-0.25, -0.2) is 0 Å². The number of allylic oxidation sites excluding steroid dienone is 1. The first-order valence-electron chi connectivity index (χ1n) is 8.57. The molecule has 24 heavy (non-hydrogen) atoms. The molecule has 1 aliphatic heterocycles. The van der Waals surface area contributed by atoms with Crippen molar-refractivity contribution in [2.24, 2.45) is 0 Å². The lowest BCUT2D eigenvalue weighted by atomic mass is 10.1. The van der Waals surface area contributed by atoms with Crippen LogP contribution in [0.15, 0.2) is 24.3 Å². The molecule has 0 aliphatic carbocycles. The normalized spacial score (nSPS) is 21.1. The maximum Gasteiger partial charge on any atom is 0.161 e. The third-order valence-electron chi connectivity index (χ3n) is 4.39. The molecule has 1 fully saturated rings. The first-order valence-corrected chi connectivity index (χ1v) is 8.57. The summed E-state index contributed by atoms with van der Waals surface area (Å²) in [6, 6.07) is 6.25. The van der Waals surface area contributed by atoms with E-state index in [1.807, 2.05) is 37.3 Å². The third kappa shape index (κ3) is 5.23. The van der Waals surface area contributed by atoms with E-state index >= 15 is 0 Å². The van der Waals surface area contributed by atoms with Crippen molar-refractivity contribution in [3.05, 3.63) is 29.8 Å². The van der Waals surface area contributed by atoms with E-state index in [0.717, 1.165) is 25.2 Å². The standard InChI is InChI=1S/C19H30N2O3/c1-5-6-16-7-8-18(19(11-16)23-4)24-14-17(22)13-21-10-9-20(3)12-15(21)2/h5-8,11,15,17,22H,9-10,12-14H2,1-4H3. The van der Waals surface area contributed by atoms with Crippen LogP contribution in [0.4, 0.5) is 0 Å². The number of benzene rings is 1. The predicted octanol–water partition coefficient (Wildman–Crippen LogP) is 2.10. The highest BCUT2D eigenvalue weighted by atomic mass is 16.5. The van der Waals surface area contributed by atoms with Crippen LogP contribution >= 0.6 is 0 Å². The molecule has 1 saturated heterocycles. The Balaban J connectivity index is 1.88. The van der Waals surface area contributed by atoms with Gasteiger partial charge in [0.25, 0.3) is 0 Å². The fourth-order valence-corrected chi connectivity index (χ4v) is 3.06. The second-order valence-corrected chi connectivity index (χ2v) is 6.48. The molecule has 2 atom stereocenters. The van der Waals surface area contributed by atoms with E-state index in [-0.39, 0.29) is 6.61 Å². The van der Waals surface area contributed by atoms with Crippen molar-refractivity contribution in [1.82, 2.24) is 9.80 Å². The predicted molar refractivity (Wildman–Crippen MR) is 97.7 cm³/mol. The van der Waals surface area contributed by atoms with Crippen LogP contribution < -0.4 is 9.47 Å². The number of ether oxygens (including phenoxy) is 2. The fourth-order valence-electron chi connectivity index (χ4n) is 3.06. The summed E-state index contributed by atoms with van der Waals surface area (Å²) in [6.07, 6.45) is 3.47. The van der Waals surface area contributed by atoms with Gasteiger partial charge in [-0.1, -0.05) is 18.2 Å². The zero-order chi connectivity index (χ0) is 17.5. The maximum absolute atomic E-state index is 10.3. The Bertz CT molecular complexity index is 547. The summed E-state index contributed by atoms with van der Waals surface area (Å²) in [6.45, 7) is 8.13. The largest absolute Gasteiger partial charge is 0.493 e. The molecule has 1 aromatic rings. The number of aliphatic hydroxyl groups is 1. The molecule has 2 rings (SSSR count). The number of hydrogen-bond acceptors (Lipinski definition) is 5. The van der Waals surface area contributed by atoms with Gasteiger partial charge in [-0.2, -0.15) is 0 Å². The van der Waals surface area contributed by atoms with Gasteiger partial charge in [0.05, 0.1) is 7.11 Å². The molecule has 0 aromatic heterocycles. The highest BCUT2D eigenvalue weighted by Gasteiger charge is 2.23. The van der Waals surface area contributed by atoms with Gasteiger partial charge in [0, 0.05) is 32.2 Å². The first kappa shape index (κ1) is 18.8. The number of rotatable bonds is 7. The molecule has 5 nitrogen and oxygen atoms in total. The summed E-state index contributed by atoms with van der Waals surface area (Å²) in [7, 11) is 3.76. The van der Waals surface area contributed by atoms with Crippen LogP contribution in [0.2, 0.25) is 0 Å². The number of β-amino-alcohol motifs (C(OH)–C–C–N with tert-alkyl or cyclic N) is 1. The Morgan fingerprint density at radius 3 is 2.79 bits per heavy atom. The van der Waals surface area contributed by atoms with Crippen LogP contribution in [0.1, 0.15) is 19.4 Å². The lowest BCUT2D eigenvalue weighted by Crippen LogP contribution is -2.53. The van der Waals surface area contributed by atoms with Crippen LogP contribution in [-0.4, -0.2) is 74.0 Å². The van der Waals surface area contributed by atoms with Crippen LogP contribution in [0, 0.1) is 0 Å². The Kier molecular flexibility index (Phi) is 7.09. The van der Waals surface area contributed by atoms with Gasteiger partial charge in [-0.15, -0.1) is 0 Å². The lowest BCUT2D eigenvalue weighted by Gasteiger charge is -2.39. The number of piperazine rings is 1. The summed E-state index contributed by atoms with van der Waals surface area (Å²) in [4.78, 5) is 4.64. The molecule has 1 heterocycles. The molecule has 134 valence electrons. The van der Waals surface area contributed by atoms with Crippen molar-refractivity contribution in [2.75, 3.05) is 46.9 Å². The minimum Gasteiger partial charge on any atom is -0.493 e. The van der Waals surface area contributed by atoms with Crippen LogP contribution in [-0.2, 0) is 0 Å². The van der Waals surface area contributed by atoms with E-state index in [0.29, 0.717) is 24.1 Å².